The molecule has 2 rings (SSSR count). The van der Waals surface area contributed by atoms with Gasteiger partial charge in [-0.3, -0.25) is 4.31 Å². The third-order valence-electron chi connectivity index (χ3n) is 2.95. The van der Waals surface area contributed by atoms with Crippen molar-refractivity contribution in [2.24, 2.45) is 0 Å². The van der Waals surface area contributed by atoms with Crippen molar-refractivity contribution >= 4 is 39.4 Å². The van der Waals surface area contributed by atoms with Gasteiger partial charge in [0.1, 0.15) is 4.90 Å². The molecule has 0 aliphatic carbocycles. The Kier molecular flexibility index (Phi) is 4.85. The summed E-state index contributed by atoms with van der Waals surface area (Å²) in [5.74, 6) is -0.459. The first-order chi connectivity index (χ1) is 9.91. The molecule has 1 aliphatic rings. The van der Waals surface area contributed by atoms with Gasteiger partial charge in [0.05, 0.1) is 23.6 Å². The number of hydrogen-bond acceptors (Lipinski definition) is 5. The molecule has 1 aromatic carbocycles. The molecule has 0 spiro atoms. The molecule has 1 aliphatic heterocycles. The minimum absolute atomic E-state index is 0.00116. The Morgan fingerprint density at radius 1 is 1.48 bits per heavy atom. The van der Waals surface area contributed by atoms with Crippen LogP contribution >= 0.6 is 23.4 Å². The number of rotatable bonds is 4. The number of methoxy groups -OCH3 is 1. The molecule has 5 nitrogen and oxygen atoms in total. The lowest BCUT2D eigenvalue weighted by Crippen LogP contribution is -2.25. The maximum absolute atomic E-state index is 12.7. The molecule has 8 heteroatoms. The average molecular weight is 348 g/mol. The zero-order valence-electron chi connectivity index (χ0n) is 11.5. The summed E-state index contributed by atoms with van der Waals surface area (Å²) in [6.45, 7) is 1.95. The van der Waals surface area contributed by atoms with E-state index in [4.69, 9.17) is 11.6 Å². The largest absolute Gasteiger partial charge is 0.465 e. The van der Waals surface area contributed by atoms with Gasteiger partial charge < -0.3 is 4.74 Å². The minimum atomic E-state index is -3.89. The van der Waals surface area contributed by atoms with Crippen LogP contribution in [0, 0.1) is 0 Å². The van der Waals surface area contributed by atoms with Crippen molar-refractivity contribution in [3.05, 3.63) is 39.9 Å². The first kappa shape index (κ1) is 16.2. The number of benzene rings is 1. The van der Waals surface area contributed by atoms with Gasteiger partial charge in [0.25, 0.3) is 10.0 Å². The summed E-state index contributed by atoms with van der Waals surface area (Å²) in [4.78, 5) is 12.5. The van der Waals surface area contributed by atoms with E-state index in [9.17, 15) is 13.2 Å². The van der Waals surface area contributed by atoms with Crippen LogP contribution in [0.5, 0.6) is 0 Å². The number of sulfonamides is 1. The zero-order valence-corrected chi connectivity index (χ0v) is 13.9. The predicted octanol–water partition coefficient (Wildman–Crippen LogP) is 3.07. The fraction of sp³-hybridized carbons (Fsp3) is 0.308. The molecule has 1 heterocycles. The lowest BCUT2D eigenvalue weighted by atomic mass is 10.2. The number of ether oxygens (including phenoxy) is 1. The standard InChI is InChI=1S/C13H14ClNO4S2/c1-3-9-7-15(8-20-9)21(17,18)12-10(13(16)19-2)5-4-6-11(12)14/h4-7H,3,8H2,1-2H3. The molecule has 0 atom stereocenters. The van der Waals surface area contributed by atoms with E-state index < -0.39 is 16.0 Å². The van der Waals surface area contributed by atoms with Crippen molar-refractivity contribution in [1.29, 1.82) is 0 Å². The highest BCUT2D eigenvalue weighted by atomic mass is 35.5. The molecule has 21 heavy (non-hydrogen) atoms. The van der Waals surface area contributed by atoms with Crippen molar-refractivity contribution in [2.45, 2.75) is 18.2 Å². The molecule has 0 N–H and O–H groups in total. The maximum Gasteiger partial charge on any atom is 0.339 e. The number of carbonyl (C=O) groups excluding carboxylic acids is 1. The Morgan fingerprint density at radius 3 is 2.76 bits per heavy atom. The van der Waals surface area contributed by atoms with Gasteiger partial charge >= 0.3 is 5.97 Å². The number of esters is 1. The molecule has 114 valence electrons. The maximum atomic E-state index is 12.7. The molecule has 1 aromatic rings. The van der Waals surface area contributed by atoms with Crippen LogP contribution in [0.3, 0.4) is 0 Å². The van der Waals surface area contributed by atoms with E-state index in [0.29, 0.717) is 0 Å². The number of hydrogen-bond donors (Lipinski definition) is 0. The van der Waals surface area contributed by atoms with E-state index in [1.807, 2.05) is 6.92 Å². The number of halogens is 1. The second kappa shape index (κ2) is 6.29. The zero-order chi connectivity index (χ0) is 15.6. The molecule has 0 aromatic heterocycles. The summed E-state index contributed by atoms with van der Waals surface area (Å²) in [5.41, 5.74) is -0.0617. The quantitative estimate of drug-likeness (QED) is 0.783. The van der Waals surface area contributed by atoms with E-state index in [1.165, 1.54) is 41.4 Å². The summed E-state index contributed by atoms with van der Waals surface area (Å²) in [7, 11) is -2.70. The lowest BCUT2D eigenvalue weighted by Gasteiger charge is -2.18. The topological polar surface area (TPSA) is 63.7 Å². The Balaban J connectivity index is 2.55. The Labute approximate surface area is 133 Å². The van der Waals surface area contributed by atoms with Gasteiger partial charge in [0, 0.05) is 11.1 Å². The fourth-order valence-corrected chi connectivity index (χ4v) is 5.14. The molecular weight excluding hydrogens is 334 g/mol. The smallest absolute Gasteiger partial charge is 0.339 e. The van der Waals surface area contributed by atoms with Crippen molar-refractivity contribution in [1.82, 2.24) is 4.31 Å². The summed E-state index contributed by atoms with van der Waals surface area (Å²) in [6.07, 6.45) is 2.33. The summed E-state index contributed by atoms with van der Waals surface area (Å²) >= 11 is 7.47. The van der Waals surface area contributed by atoms with E-state index in [1.54, 1.807) is 6.20 Å². The second-order valence-corrected chi connectivity index (χ2v) is 7.53. The molecule has 0 radical (unpaired) electrons. The Bertz CT molecular complexity index is 700. The highest BCUT2D eigenvalue weighted by Gasteiger charge is 2.32. The van der Waals surface area contributed by atoms with Crippen LogP contribution in [0.1, 0.15) is 23.7 Å². The van der Waals surface area contributed by atoms with Crippen LogP contribution in [0.2, 0.25) is 5.02 Å². The highest BCUT2D eigenvalue weighted by Crippen LogP contribution is 2.35. The minimum Gasteiger partial charge on any atom is -0.465 e. The fourth-order valence-electron chi connectivity index (χ4n) is 1.87. The Hall–Kier alpha value is -1.18. The van der Waals surface area contributed by atoms with Gasteiger partial charge in [-0.1, -0.05) is 24.6 Å². The van der Waals surface area contributed by atoms with Crippen molar-refractivity contribution in [2.75, 3.05) is 13.0 Å². The summed E-state index contributed by atoms with van der Waals surface area (Å²) in [6, 6.07) is 4.34. The second-order valence-electron chi connectivity index (χ2n) is 4.22. The number of allylic oxidation sites excluding steroid dienone is 1. The van der Waals surface area contributed by atoms with Crippen LogP contribution in [-0.2, 0) is 14.8 Å². The van der Waals surface area contributed by atoms with Crippen molar-refractivity contribution in [3.63, 3.8) is 0 Å². The molecular formula is C13H14ClNO4S2. The highest BCUT2D eigenvalue weighted by molar-refractivity contribution is 8.04. The SMILES string of the molecule is CCC1=CN(S(=O)(=O)c2c(Cl)cccc2C(=O)OC)CS1. The number of nitrogens with zero attached hydrogens (tertiary/aromatic N) is 1. The molecule has 0 fully saturated rings. The third kappa shape index (κ3) is 3.04. The average Bonchev–Trinajstić information content (AvgIpc) is 2.95. The van der Waals surface area contributed by atoms with Gasteiger partial charge in [-0.2, -0.15) is 0 Å². The number of thioether (sulfide) groups is 1. The van der Waals surface area contributed by atoms with Gasteiger partial charge in [-0.05, 0) is 18.6 Å². The van der Waals surface area contributed by atoms with Gasteiger partial charge in [-0.25, -0.2) is 13.2 Å². The first-order valence-electron chi connectivity index (χ1n) is 6.14. The van der Waals surface area contributed by atoms with Crippen LogP contribution in [0.15, 0.2) is 34.2 Å². The van der Waals surface area contributed by atoms with Crippen molar-refractivity contribution in [3.8, 4) is 0 Å². The normalized spacial score (nSPS) is 15.0. The molecule has 0 unspecified atom stereocenters. The monoisotopic (exact) mass is 347 g/mol. The molecule has 0 saturated heterocycles. The van der Waals surface area contributed by atoms with Gasteiger partial charge in [0.15, 0.2) is 0 Å². The van der Waals surface area contributed by atoms with E-state index in [0.717, 1.165) is 11.3 Å². The Morgan fingerprint density at radius 2 is 2.19 bits per heavy atom. The van der Waals surface area contributed by atoms with Crippen LogP contribution in [-0.4, -0.2) is 31.7 Å². The summed E-state index contributed by atoms with van der Waals surface area (Å²) in [5, 5.41) is 0.00116. The lowest BCUT2D eigenvalue weighted by molar-refractivity contribution is 0.0596. The van der Waals surface area contributed by atoms with Gasteiger partial charge in [-0.15, -0.1) is 11.8 Å². The van der Waals surface area contributed by atoms with E-state index >= 15 is 0 Å². The first-order valence-corrected chi connectivity index (χ1v) is 8.94. The number of carbonyl (C=O) groups is 1. The predicted molar refractivity (Wildman–Crippen MR) is 82.6 cm³/mol. The van der Waals surface area contributed by atoms with E-state index in [2.05, 4.69) is 4.74 Å². The van der Waals surface area contributed by atoms with Crippen molar-refractivity contribution < 1.29 is 17.9 Å². The summed E-state index contributed by atoms with van der Waals surface area (Å²) < 4.78 is 31.3. The molecule has 0 bridgehead atoms. The van der Waals surface area contributed by atoms with Gasteiger partial charge in [0.2, 0.25) is 0 Å². The van der Waals surface area contributed by atoms with Crippen LogP contribution in [0.25, 0.3) is 0 Å². The van der Waals surface area contributed by atoms with E-state index in [-0.39, 0.29) is 21.4 Å². The molecule has 0 amide bonds. The van der Waals surface area contributed by atoms with Crippen LogP contribution in [0.4, 0.5) is 0 Å². The molecule has 0 saturated carbocycles. The van der Waals surface area contributed by atoms with Crippen LogP contribution < -0.4 is 0 Å². The third-order valence-corrected chi connectivity index (χ3v) is 6.52.